The van der Waals surface area contributed by atoms with Gasteiger partial charge in [-0.05, 0) is 26.2 Å². The van der Waals surface area contributed by atoms with Crippen molar-refractivity contribution in [3.05, 3.63) is 0 Å². The summed E-state index contributed by atoms with van der Waals surface area (Å²) in [5, 5.41) is 3.64. The number of nitrogens with one attached hydrogen (secondary N) is 1. The first kappa shape index (κ1) is 14.0. The Hall–Kier alpha value is -0.0400. The highest BCUT2D eigenvalue weighted by molar-refractivity contribution is 4.82. The fraction of sp³-hybridized carbons (Fsp3) is 1.00. The molecule has 1 heteroatoms. The van der Waals surface area contributed by atoms with E-state index in [1.807, 2.05) is 0 Å². The molecule has 0 rings (SSSR count). The van der Waals surface area contributed by atoms with Crippen LogP contribution in [0.2, 0.25) is 0 Å². The zero-order valence-electron chi connectivity index (χ0n) is 11.0. The first-order valence-electron chi connectivity index (χ1n) is 6.19. The Bertz CT molecular complexity index is 138. The van der Waals surface area contributed by atoms with Crippen molar-refractivity contribution < 1.29 is 0 Å². The topological polar surface area (TPSA) is 12.0 Å². The zero-order chi connectivity index (χ0) is 11.2. The van der Waals surface area contributed by atoms with Crippen molar-refractivity contribution in [2.45, 2.75) is 78.8 Å². The second kappa shape index (κ2) is 6.44. The minimum atomic E-state index is 0.296. The molecule has 14 heavy (non-hydrogen) atoms. The van der Waals surface area contributed by atoms with Gasteiger partial charge in [0.1, 0.15) is 0 Å². The molecule has 0 heterocycles. The quantitative estimate of drug-likeness (QED) is 0.654. The van der Waals surface area contributed by atoms with Crippen molar-refractivity contribution in [3.63, 3.8) is 0 Å². The van der Waals surface area contributed by atoms with E-state index in [0.717, 1.165) is 5.92 Å². The fourth-order valence-electron chi connectivity index (χ4n) is 2.42. The first-order chi connectivity index (χ1) is 6.41. The minimum absolute atomic E-state index is 0.296. The van der Waals surface area contributed by atoms with Crippen molar-refractivity contribution in [2.75, 3.05) is 0 Å². The standard InChI is InChI=1S/C13H29N/c1-7-9-12(8-2)10-13(5,6)14-11(3)4/h11-12,14H,7-10H2,1-6H3. The highest BCUT2D eigenvalue weighted by atomic mass is 15.0. The molecule has 1 nitrogen and oxygen atoms in total. The maximum absolute atomic E-state index is 3.64. The maximum Gasteiger partial charge on any atom is 0.0130 e. The molecule has 1 atom stereocenters. The number of rotatable bonds is 7. The number of hydrogen-bond donors (Lipinski definition) is 1. The highest BCUT2D eigenvalue weighted by Gasteiger charge is 2.22. The lowest BCUT2D eigenvalue weighted by Crippen LogP contribution is -2.44. The van der Waals surface area contributed by atoms with E-state index < -0.39 is 0 Å². The third-order valence-corrected chi connectivity index (χ3v) is 2.75. The second-order valence-corrected chi connectivity index (χ2v) is 5.45. The molecule has 0 saturated heterocycles. The molecule has 0 bridgehead atoms. The summed E-state index contributed by atoms with van der Waals surface area (Å²) < 4.78 is 0. The first-order valence-corrected chi connectivity index (χ1v) is 6.19. The summed E-state index contributed by atoms with van der Waals surface area (Å²) in [7, 11) is 0. The molecule has 0 spiro atoms. The molecule has 0 aliphatic rings. The van der Waals surface area contributed by atoms with Crippen LogP contribution in [0.15, 0.2) is 0 Å². The van der Waals surface area contributed by atoms with Crippen LogP contribution in [-0.4, -0.2) is 11.6 Å². The van der Waals surface area contributed by atoms with Crippen LogP contribution in [-0.2, 0) is 0 Å². The molecule has 0 fully saturated rings. The van der Waals surface area contributed by atoms with Gasteiger partial charge in [0.05, 0.1) is 0 Å². The Labute approximate surface area is 90.7 Å². The Kier molecular flexibility index (Phi) is 6.43. The number of hydrogen-bond acceptors (Lipinski definition) is 1. The Morgan fingerprint density at radius 1 is 1.14 bits per heavy atom. The molecular weight excluding hydrogens is 170 g/mol. The normalized spacial score (nSPS) is 14.8. The molecule has 0 amide bonds. The molecule has 0 aromatic carbocycles. The monoisotopic (exact) mass is 199 g/mol. The van der Waals surface area contributed by atoms with Gasteiger partial charge in [0.25, 0.3) is 0 Å². The van der Waals surface area contributed by atoms with E-state index in [1.54, 1.807) is 0 Å². The summed E-state index contributed by atoms with van der Waals surface area (Å²) in [5.41, 5.74) is 0.296. The summed E-state index contributed by atoms with van der Waals surface area (Å²) in [6.07, 6.45) is 5.31. The van der Waals surface area contributed by atoms with Crippen molar-refractivity contribution in [1.82, 2.24) is 5.32 Å². The summed E-state index contributed by atoms with van der Waals surface area (Å²) in [4.78, 5) is 0. The average molecular weight is 199 g/mol. The predicted molar refractivity (Wildman–Crippen MR) is 65.7 cm³/mol. The van der Waals surface area contributed by atoms with Crippen LogP contribution in [0.25, 0.3) is 0 Å². The van der Waals surface area contributed by atoms with Crippen molar-refractivity contribution in [2.24, 2.45) is 5.92 Å². The predicted octanol–water partition coefficient (Wildman–Crippen LogP) is 3.98. The largest absolute Gasteiger partial charge is 0.310 e. The van der Waals surface area contributed by atoms with Crippen LogP contribution >= 0.6 is 0 Å². The van der Waals surface area contributed by atoms with Gasteiger partial charge in [0, 0.05) is 11.6 Å². The molecule has 0 aliphatic heterocycles. The van der Waals surface area contributed by atoms with Gasteiger partial charge >= 0.3 is 0 Å². The van der Waals surface area contributed by atoms with Gasteiger partial charge in [-0.15, -0.1) is 0 Å². The van der Waals surface area contributed by atoms with Crippen LogP contribution in [0.1, 0.15) is 67.2 Å². The zero-order valence-corrected chi connectivity index (χ0v) is 11.0. The highest BCUT2D eigenvalue weighted by Crippen LogP contribution is 2.23. The van der Waals surface area contributed by atoms with Crippen molar-refractivity contribution in [3.8, 4) is 0 Å². The summed E-state index contributed by atoms with van der Waals surface area (Å²) >= 11 is 0. The smallest absolute Gasteiger partial charge is 0.0130 e. The molecular formula is C13H29N. The lowest BCUT2D eigenvalue weighted by molar-refractivity contribution is 0.264. The molecule has 0 aromatic rings. The lowest BCUT2D eigenvalue weighted by atomic mass is 9.86. The Morgan fingerprint density at radius 2 is 1.71 bits per heavy atom. The summed E-state index contributed by atoms with van der Waals surface area (Å²) in [6, 6.07) is 0.587. The van der Waals surface area contributed by atoms with E-state index in [-0.39, 0.29) is 0 Å². The second-order valence-electron chi connectivity index (χ2n) is 5.45. The van der Waals surface area contributed by atoms with Gasteiger partial charge in [0.2, 0.25) is 0 Å². The van der Waals surface area contributed by atoms with Crippen LogP contribution in [0, 0.1) is 5.92 Å². The average Bonchev–Trinajstić information content (AvgIpc) is 2.00. The van der Waals surface area contributed by atoms with Gasteiger partial charge < -0.3 is 5.32 Å². The molecule has 0 radical (unpaired) electrons. The van der Waals surface area contributed by atoms with Crippen LogP contribution in [0.5, 0.6) is 0 Å². The molecule has 0 saturated carbocycles. The third-order valence-electron chi connectivity index (χ3n) is 2.75. The molecule has 0 aliphatic carbocycles. The minimum Gasteiger partial charge on any atom is -0.310 e. The van der Waals surface area contributed by atoms with Gasteiger partial charge in [-0.3, -0.25) is 0 Å². The van der Waals surface area contributed by atoms with Crippen LogP contribution in [0.4, 0.5) is 0 Å². The van der Waals surface area contributed by atoms with Gasteiger partial charge in [-0.2, -0.15) is 0 Å². The van der Waals surface area contributed by atoms with Crippen LogP contribution < -0.4 is 5.32 Å². The van der Waals surface area contributed by atoms with Crippen molar-refractivity contribution in [1.29, 1.82) is 0 Å². The summed E-state index contributed by atoms with van der Waals surface area (Å²) in [5.74, 6) is 0.890. The van der Waals surface area contributed by atoms with E-state index in [4.69, 9.17) is 0 Å². The van der Waals surface area contributed by atoms with Gasteiger partial charge in [-0.25, -0.2) is 0 Å². The molecule has 0 aromatic heterocycles. The van der Waals surface area contributed by atoms with E-state index in [2.05, 4.69) is 46.9 Å². The van der Waals surface area contributed by atoms with E-state index in [1.165, 1.54) is 25.7 Å². The van der Waals surface area contributed by atoms with Gasteiger partial charge in [-0.1, -0.05) is 47.0 Å². The SMILES string of the molecule is CCCC(CC)CC(C)(C)NC(C)C. The summed E-state index contributed by atoms with van der Waals surface area (Å²) in [6.45, 7) is 13.7. The molecule has 86 valence electrons. The van der Waals surface area contributed by atoms with Crippen molar-refractivity contribution >= 4 is 0 Å². The Balaban J connectivity index is 4.02. The fourth-order valence-corrected chi connectivity index (χ4v) is 2.42. The van der Waals surface area contributed by atoms with Gasteiger partial charge in [0.15, 0.2) is 0 Å². The van der Waals surface area contributed by atoms with E-state index in [0.29, 0.717) is 11.6 Å². The van der Waals surface area contributed by atoms with E-state index >= 15 is 0 Å². The molecule has 1 unspecified atom stereocenters. The third kappa shape index (κ3) is 6.42. The Morgan fingerprint density at radius 3 is 2.07 bits per heavy atom. The maximum atomic E-state index is 3.64. The lowest BCUT2D eigenvalue weighted by Gasteiger charge is -2.32. The molecule has 1 N–H and O–H groups in total. The van der Waals surface area contributed by atoms with E-state index in [9.17, 15) is 0 Å². The van der Waals surface area contributed by atoms with Crippen LogP contribution in [0.3, 0.4) is 0 Å².